The topological polar surface area (TPSA) is 98.3 Å². The van der Waals surface area contributed by atoms with E-state index in [4.69, 9.17) is 4.74 Å². The zero-order chi connectivity index (χ0) is 25.9. The number of imidazole rings is 1. The largest absolute Gasteiger partial charge is 0.493 e. The first kappa shape index (κ1) is 24.0. The van der Waals surface area contributed by atoms with Crippen LogP contribution >= 0.6 is 0 Å². The van der Waals surface area contributed by atoms with Crippen LogP contribution in [0.25, 0.3) is 28.3 Å². The molecule has 11 heteroatoms. The molecule has 5 aromatic rings. The second-order valence-electron chi connectivity index (χ2n) is 9.35. The molecule has 1 aliphatic heterocycles. The number of fused-ring (bicyclic) bond motifs is 1. The van der Waals surface area contributed by atoms with Crippen LogP contribution in [0, 0.1) is 0 Å². The van der Waals surface area contributed by atoms with Gasteiger partial charge in [-0.2, -0.15) is 15.0 Å². The van der Waals surface area contributed by atoms with E-state index in [2.05, 4.69) is 47.5 Å². The van der Waals surface area contributed by atoms with E-state index >= 15 is 0 Å². The summed E-state index contributed by atoms with van der Waals surface area (Å²) < 4.78 is 20.8. The molecule has 0 aliphatic carbocycles. The van der Waals surface area contributed by atoms with Crippen molar-refractivity contribution in [1.29, 1.82) is 0 Å². The minimum Gasteiger partial charge on any atom is -0.493 e. The minimum atomic E-state index is -0.664. The van der Waals surface area contributed by atoms with Crippen LogP contribution in [-0.4, -0.2) is 71.7 Å². The highest BCUT2D eigenvalue weighted by Gasteiger charge is 2.25. The Kier molecular flexibility index (Phi) is 6.65. The van der Waals surface area contributed by atoms with Crippen molar-refractivity contribution in [2.45, 2.75) is 19.1 Å². The molecule has 0 atom stereocenters. The number of anilines is 1. The lowest BCUT2D eigenvalue weighted by Gasteiger charge is -2.34. The third kappa shape index (κ3) is 5.32. The molecule has 194 valence electrons. The van der Waals surface area contributed by atoms with E-state index in [1.165, 1.54) is 0 Å². The number of alkyl halides is 1. The molecule has 1 saturated heterocycles. The summed E-state index contributed by atoms with van der Waals surface area (Å²) in [6, 6.07) is 14.0. The number of aromatic nitrogens is 7. The van der Waals surface area contributed by atoms with Crippen molar-refractivity contribution in [2.75, 3.05) is 31.6 Å². The Morgan fingerprint density at radius 1 is 1.03 bits per heavy atom. The zero-order valence-electron chi connectivity index (χ0n) is 21.0. The number of pyridine rings is 1. The fraction of sp³-hybridized carbons (Fsp3) is 0.296. The van der Waals surface area contributed by atoms with Crippen molar-refractivity contribution in [3.8, 4) is 28.4 Å². The van der Waals surface area contributed by atoms with Gasteiger partial charge in [0.2, 0.25) is 0 Å². The maximum atomic E-state index is 12.9. The predicted octanol–water partition coefficient (Wildman–Crippen LogP) is 3.62. The zero-order valence-corrected chi connectivity index (χ0v) is 21.0. The Balaban J connectivity index is 1.07. The van der Waals surface area contributed by atoms with E-state index in [0.29, 0.717) is 26.2 Å². The molecular weight excluding hydrogens is 485 g/mol. The summed E-state index contributed by atoms with van der Waals surface area (Å²) in [6.45, 7) is 3.15. The average Bonchev–Trinajstić information content (AvgIpc) is 3.55. The number of aryl methyl sites for hydroxylation is 1. The summed E-state index contributed by atoms with van der Waals surface area (Å²) in [5.41, 5.74) is 5.40. The molecule has 38 heavy (non-hydrogen) atoms. The summed E-state index contributed by atoms with van der Waals surface area (Å²) in [5.74, 6) is 1.49. The SMILES string of the molecule is Cn1ncc(-c2ccc(CNc3cc(-c4cnc5cc(OCCCN6CC(F)C6)ccn45)ncn3)cc2)n1. The van der Waals surface area contributed by atoms with Crippen LogP contribution in [0.1, 0.15) is 12.0 Å². The molecule has 0 saturated carbocycles. The Labute approximate surface area is 219 Å². The third-order valence-electron chi connectivity index (χ3n) is 6.54. The van der Waals surface area contributed by atoms with E-state index in [1.54, 1.807) is 30.6 Å². The standard InChI is InChI=1S/C27H28FN9O/c1-35-33-14-24(34-35)20-5-3-19(4-6-20)13-29-26-12-23(31-18-32-26)25-15-30-27-11-22(7-9-37(25)27)38-10-2-8-36-16-21(28)17-36/h3-7,9,11-12,14-15,18,21H,2,8,10,13,16-17H2,1H3,(H,29,31,32). The summed E-state index contributed by atoms with van der Waals surface area (Å²) in [6.07, 6.45) is 7.24. The number of rotatable bonds is 10. The lowest BCUT2D eigenvalue weighted by Crippen LogP contribution is -2.48. The highest BCUT2D eigenvalue weighted by Crippen LogP contribution is 2.24. The maximum Gasteiger partial charge on any atom is 0.140 e. The van der Waals surface area contributed by atoms with Crippen LogP contribution < -0.4 is 10.1 Å². The molecule has 5 heterocycles. The Morgan fingerprint density at radius 3 is 2.68 bits per heavy atom. The Morgan fingerprint density at radius 2 is 1.89 bits per heavy atom. The first-order valence-corrected chi connectivity index (χ1v) is 12.6. The summed E-state index contributed by atoms with van der Waals surface area (Å²) in [4.78, 5) is 17.0. The summed E-state index contributed by atoms with van der Waals surface area (Å²) in [5, 5.41) is 11.8. The van der Waals surface area contributed by atoms with Gasteiger partial charge in [-0.15, -0.1) is 0 Å². The number of nitrogens with one attached hydrogen (secondary N) is 1. The van der Waals surface area contributed by atoms with E-state index in [1.807, 2.05) is 40.9 Å². The maximum absolute atomic E-state index is 12.9. The van der Waals surface area contributed by atoms with Crippen LogP contribution in [-0.2, 0) is 13.6 Å². The minimum absolute atomic E-state index is 0.543. The fourth-order valence-corrected chi connectivity index (χ4v) is 4.47. The van der Waals surface area contributed by atoms with Gasteiger partial charge in [-0.3, -0.25) is 9.30 Å². The highest BCUT2D eigenvalue weighted by molar-refractivity contribution is 5.63. The van der Waals surface area contributed by atoms with Crippen molar-refractivity contribution in [3.05, 3.63) is 72.9 Å². The number of halogens is 1. The molecule has 1 N–H and O–H groups in total. The molecule has 0 radical (unpaired) electrons. The smallest absolute Gasteiger partial charge is 0.140 e. The Hall–Kier alpha value is -4.38. The van der Waals surface area contributed by atoms with Gasteiger partial charge >= 0.3 is 0 Å². The van der Waals surface area contributed by atoms with Gasteiger partial charge in [0.05, 0.1) is 30.4 Å². The van der Waals surface area contributed by atoms with Gasteiger partial charge in [0, 0.05) is 57.1 Å². The Bertz CT molecular complexity index is 1530. The van der Waals surface area contributed by atoms with Crippen LogP contribution in [0.15, 0.2) is 67.4 Å². The molecule has 1 aliphatic rings. The first-order chi connectivity index (χ1) is 18.6. The lowest BCUT2D eigenvalue weighted by atomic mass is 10.1. The van der Waals surface area contributed by atoms with Gasteiger partial charge in [-0.1, -0.05) is 24.3 Å². The number of benzene rings is 1. The second-order valence-corrected chi connectivity index (χ2v) is 9.35. The van der Waals surface area contributed by atoms with Crippen molar-refractivity contribution in [2.24, 2.45) is 7.05 Å². The first-order valence-electron chi connectivity index (χ1n) is 12.6. The second kappa shape index (κ2) is 10.5. The summed E-state index contributed by atoms with van der Waals surface area (Å²) >= 11 is 0. The molecule has 4 aromatic heterocycles. The van der Waals surface area contributed by atoms with Crippen LogP contribution in [0.4, 0.5) is 10.2 Å². The molecule has 1 fully saturated rings. The van der Waals surface area contributed by atoms with Crippen molar-refractivity contribution >= 4 is 11.5 Å². The average molecular weight is 514 g/mol. The van der Waals surface area contributed by atoms with Gasteiger partial charge in [-0.25, -0.2) is 19.3 Å². The molecule has 0 amide bonds. The normalized spacial score (nSPS) is 14.1. The van der Waals surface area contributed by atoms with Crippen molar-refractivity contribution in [3.63, 3.8) is 0 Å². The van der Waals surface area contributed by atoms with Crippen molar-refractivity contribution < 1.29 is 9.13 Å². The number of hydrogen-bond acceptors (Lipinski definition) is 8. The van der Waals surface area contributed by atoms with Crippen molar-refractivity contribution in [1.82, 2.24) is 39.2 Å². The van der Waals surface area contributed by atoms with E-state index < -0.39 is 6.17 Å². The molecular formula is C27H28FN9O. The molecule has 1 aromatic carbocycles. The number of likely N-dealkylation sites (tertiary alicyclic amines) is 1. The number of ether oxygens (including phenoxy) is 1. The fourth-order valence-electron chi connectivity index (χ4n) is 4.47. The quantitative estimate of drug-likeness (QED) is 0.283. The highest BCUT2D eigenvalue weighted by atomic mass is 19.1. The van der Waals surface area contributed by atoms with Crippen LogP contribution in [0.3, 0.4) is 0 Å². The van der Waals surface area contributed by atoms with Crippen LogP contribution in [0.5, 0.6) is 5.75 Å². The lowest BCUT2D eigenvalue weighted by molar-refractivity contribution is 0.0612. The van der Waals surface area contributed by atoms with E-state index in [-0.39, 0.29) is 0 Å². The molecule has 0 unspecified atom stereocenters. The van der Waals surface area contributed by atoms with Gasteiger partial charge in [0.1, 0.15) is 35.4 Å². The monoisotopic (exact) mass is 513 g/mol. The van der Waals surface area contributed by atoms with E-state index in [0.717, 1.165) is 58.4 Å². The van der Waals surface area contributed by atoms with E-state index in [9.17, 15) is 4.39 Å². The summed E-state index contributed by atoms with van der Waals surface area (Å²) in [7, 11) is 1.80. The molecule has 6 rings (SSSR count). The molecule has 0 bridgehead atoms. The van der Waals surface area contributed by atoms with Gasteiger partial charge < -0.3 is 10.1 Å². The molecule has 10 nitrogen and oxygen atoms in total. The van der Waals surface area contributed by atoms with Crippen LogP contribution in [0.2, 0.25) is 0 Å². The number of hydrogen-bond donors (Lipinski definition) is 1. The van der Waals surface area contributed by atoms with Gasteiger partial charge in [0.25, 0.3) is 0 Å². The van der Waals surface area contributed by atoms with Gasteiger partial charge in [0.15, 0.2) is 0 Å². The molecule has 0 spiro atoms. The number of nitrogens with zero attached hydrogens (tertiary/aromatic N) is 8. The predicted molar refractivity (Wildman–Crippen MR) is 141 cm³/mol. The third-order valence-corrected chi connectivity index (χ3v) is 6.54. The van der Waals surface area contributed by atoms with Gasteiger partial charge in [-0.05, 0) is 18.1 Å².